The molecule has 1 fully saturated rings. The van der Waals surface area contributed by atoms with E-state index in [4.69, 9.17) is 0 Å². The van der Waals surface area contributed by atoms with Crippen LogP contribution in [0.4, 0.5) is 4.39 Å². The number of carbonyl (C=O) groups is 1. The molecule has 0 bridgehead atoms. The van der Waals surface area contributed by atoms with Gasteiger partial charge in [0.2, 0.25) is 0 Å². The number of benzene rings is 2. The molecule has 1 aliphatic heterocycles. The summed E-state index contributed by atoms with van der Waals surface area (Å²) in [4.78, 5) is 14.9. The molecule has 0 aliphatic carbocycles. The summed E-state index contributed by atoms with van der Waals surface area (Å²) >= 11 is 0. The maximum atomic E-state index is 13.1. The molecule has 0 atom stereocenters. The molecule has 29 heavy (non-hydrogen) atoms. The van der Waals surface area contributed by atoms with Crippen molar-refractivity contribution in [3.63, 3.8) is 0 Å². The largest absolute Gasteiger partial charge is 0.352 e. The maximum Gasteiger partial charge on any atom is 0.251 e. The summed E-state index contributed by atoms with van der Waals surface area (Å²) in [5.41, 5.74) is 3.04. The fraction of sp³-hybridized carbons (Fsp3) is 0.409. The minimum absolute atomic E-state index is 0.0846. The van der Waals surface area contributed by atoms with Crippen molar-refractivity contribution in [2.75, 3.05) is 26.2 Å². The molecule has 2 aromatic carbocycles. The molecule has 0 unspecified atom stereocenters. The molecule has 1 N–H and O–H groups in total. The van der Waals surface area contributed by atoms with Crippen molar-refractivity contribution >= 4 is 16.9 Å². The SMILES string of the molecule is O=C(NCCCN1CCCCC1)c1ccc2c(c1)nnn2Cc1ccc(F)cc1. The molecule has 1 amide bonds. The van der Waals surface area contributed by atoms with Crippen LogP contribution in [0.2, 0.25) is 0 Å². The number of nitrogens with one attached hydrogen (secondary N) is 1. The molecule has 1 saturated heterocycles. The van der Waals surface area contributed by atoms with E-state index in [-0.39, 0.29) is 11.7 Å². The Morgan fingerprint density at radius 2 is 1.86 bits per heavy atom. The number of halogens is 1. The van der Waals surface area contributed by atoms with Crippen LogP contribution in [0.1, 0.15) is 41.6 Å². The number of hydrogen-bond donors (Lipinski definition) is 1. The number of likely N-dealkylation sites (tertiary alicyclic amines) is 1. The highest BCUT2D eigenvalue weighted by molar-refractivity contribution is 5.97. The van der Waals surface area contributed by atoms with Gasteiger partial charge in [-0.15, -0.1) is 5.10 Å². The Bertz CT molecular complexity index is 963. The third kappa shape index (κ3) is 4.98. The summed E-state index contributed by atoms with van der Waals surface area (Å²) in [5, 5.41) is 11.4. The number of piperidine rings is 1. The van der Waals surface area contributed by atoms with Gasteiger partial charge in [0.25, 0.3) is 5.91 Å². The Labute approximate surface area is 169 Å². The summed E-state index contributed by atoms with van der Waals surface area (Å²) in [6, 6.07) is 11.8. The number of amides is 1. The predicted octanol–water partition coefficient (Wildman–Crippen LogP) is 3.22. The summed E-state index contributed by atoms with van der Waals surface area (Å²) in [7, 11) is 0. The molecule has 152 valence electrons. The highest BCUT2D eigenvalue weighted by atomic mass is 19.1. The third-order valence-electron chi connectivity index (χ3n) is 5.41. The van der Waals surface area contributed by atoms with Crippen LogP contribution in [0.5, 0.6) is 0 Å². The summed E-state index contributed by atoms with van der Waals surface area (Å²) in [5.74, 6) is -0.345. The molecule has 7 heteroatoms. The number of carbonyl (C=O) groups excluding carboxylic acids is 1. The van der Waals surface area contributed by atoms with E-state index in [1.165, 1.54) is 44.5 Å². The lowest BCUT2D eigenvalue weighted by Crippen LogP contribution is -2.33. The number of nitrogens with zero attached hydrogens (tertiary/aromatic N) is 4. The van der Waals surface area contributed by atoms with Crippen molar-refractivity contribution in [3.8, 4) is 0 Å². The van der Waals surface area contributed by atoms with Crippen LogP contribution in [-0.2, 0) is 6.54 Å². The van der Waals surface area contributed by atoms with Crippen molar-refractivity contribution in [1.82, 2.24) is 25.2 Å². The molecule has 4 rings (SSSR count). The van der Waals surface area contributed by atoms with Crippen molar-refractivity contribution in [2.45, 2.75) is 32.2 Å². The number of rotatable bonds is 7. The minimum atomic E-state index is -0.260. The first kappa shape index (κ1) is 19.5. The van der Waals surface area contributed by atoms with Gasteiger partial charge < -0.3 is 10.2 Å². The lowest BCUT2D eigenvalue weighted by molar-refractivity contribution is 0.0951. The molecular formula is C22H26FN5O. The molecule has 0 saturated carbocycles. The van der Waals surface area contributed by atoms with Gasteiger partial charge in [0.15, 0.2) is 0 Å². The fourth-order valence-electron chi connectivity index (χ4n) is 3.78. The zero-order valence-corrected chi connectivity index (χ0v) is 16.5. The topological polar surface area (TPSA) is 63.1 Å². The minimum Gasteiger partial charge on any atom is -0.352 e. The highest BCUT2D eigenvalue weighted by Crippen LogP contribution is 2.15. The van der Waals surface area contributed by atoms with Crippen molar-refractivity contribution < 1.29 is 9.18 Å². The van der Waals surface area contributed by atoms with Gasteiger partial charge in [-0.25, -0.2) is 9.07 Å². The highest BCUT2D eigenvalue weighted by Gasteiger charge is 2.12. The first-order valence-electron chi connectivity index (χ1n) is 10.3. The van der Waals surface area contributed by atoms with E-state index in [0.29, 0.717) is 24.2 Å². The monoisotopic (exact) mass is 395 g/mol. The molecule has 1 aliphatic rings. The number of fused-ring (bicyclic) bond motifs is 1. The summed E-state index contributed by atoms with van der Waals surface area (Å²) in [6.45, 7) is 4.57. The van der Waals surface area contributed by atoms with E-state index in [1.54, 1.807) is 28.9 Å². The van der Waals surface area contributed by atoms with Gasteiger partial charge >= 0.3 is 0 Å². The molecule has 6 nitrogen and oxygen atoms in total. The molecule has 1 aromatic heterocycles. The van der Waals surface area contributed by atoms with E-state index >= 15 is 0 Å². The van der Waals surface area contributed by atoms with Gasteiger partial charge in [0, 0.05) is 12.1 Å². The van der Waals surface area contributed by atoms with Crippen LogP contribution in [0, 0.1) is 5.82 Å². The zero-order chi connectivity index (χ0) is 20.1. The fourth-order valence-corrected chi connectivity index (χ4v) is 3.78. The Morgan fingerprint density at radius 1 is 1.07 bits per heavy atom. The van der Waals surface area contributed by atoms with Crippen LogP contribution in [-0.4, -0.2) is 52.0 Å². The molecular weight excluding hydrogens is 369 g/mol. The lowest BCUT2D eigenvalue weighted by atomic mass is 10.1. The van der Waals surface area contributed by atoms with Crippen LogP contribution >= 0.6 is 0 Å². The van der Waals surface area contributed by atoms with Gasteiger partial charge in [-0.1, -0.05) is 23.8 Å². The van der Waals surface area contributed by atoms with E-state index in [2.05, 4.69) is 20.5 Å². The average Bonchev–Trinajstić information content (AvgIpc) is 3.15. The first-order valence-corrected chi connectivity index (χ1v) is 10.3. The van der Waals surface area contributed by atoms with Crippen molar-refractivity contribution in [1.29, 1.82) is 0 Å². The van der Waals surface area contributed by atoms with Crippen LogP contribution in [0.15, 0.2) is 42.5 Å². The lowest BCUT2D eigenvalue weighted by Gasteiger charge is -2.26. The summed E-state index contributed by atoms with van der Waals surface area (Å²) in [6.07, 6.45) is 4.87. The van der Waals surface area contributed by atoms with E-state index in [1.807, 2.05) is 6.07 Å². The Kier molecular flexibility index (Phi) is 6.14. The number of hydrogen-bond acceptors (Lipinski definition) is 4. The van der Waals surface area contributed by atoms with E-state index in [9.17, 15) is 9.18 Å². The van der Waals surface area contributed by atoms with Crippen LogP contribution in [0.3, 0.4) is 0 Å². The Morgan fingerprint density at radius 3 is 2.66 bits per heavy atom. The van der Waals surface area contributed by atoms with Gasteiger partial charge in [-0.2, -0.15) is 0 Å². The van der Waals surface area contributed by atoms with Gasteiger partial charge in [-0.3, -0.25) is 4.79 Å². The standard InChI is InChI=1S/C22H26FN5O/c23-19-8-5-17(6-9-19)16-28-21-10-7-18(15-20(21)25-26-28)22(29)24-11-4-14-27-12-2-1-3-13-27/h5-10,15H,1-4,11-14,16H2,(H,24,29). The first-order chi connectivity index (χ1) is 14.2. The van der Waals surface area contributed by atoms with E-state index < -0.39 is 0 Å². The summed E-state index contributed by atoms with van der Waals surface area (Å²) < 4.78 is 14.8. The van der Waals surface area contributed by atoms with Crippen LogP contribution in [0.25, 0.3) is 11.0 Å². The van der Waals surface area contributed by atoms with Crippen LogP contribution < -0.4 is 5.32 Å². The predicted molar refractivity (Wildman–Crippen MR) is 110 cm³/mol. The second kappa shape index (κ2) is 9.13. The second-order valence-electron chi connectivity index (χ2n) is 7.59. The normalized spacial score (nSPS) is 14.9. The second-order valence-corrected chi connectivity index (χ2v) is 7.59. The van der Waals surface area contributed by atoms with Gasteiger partial charge in [-0.05, 0) is 74.8 Å². The zero-order valence-electron chi connectivity index (χ0n) is 16.5. The van der Waals surface area contributed by atoms with E-state index in [0.717, 1.165) is 24.0 Å². The average molecular weight is 395 g/mol. The Hall–Kier alpha value is -2.80. The maximum absolute atomic E-state index is 13.1. The third-order valence-corrected chi connectivity index (χ3v) is 5.41. The number of aromatic nitrogens is 3. The molecule has 0 radical (unpaired) electrons. The van der Waals surface area contributed by atoms with Crippen molar-refractivity contribution in [2.24, 2.45) is 0 Å². The quantitative estimate of drug-likeness (QED) is 0.624. The smallest absolute Gasteiger partial charge is 0.251 e. The van der Waals surface area contributed by atoms with Crippen molar-refractivity contribution in [3.05, 3.63) is 59.4 Å². The van der Waals surface area contributed by atoms with Gasteiger partial charge in [0.05, 0.1) is 12.1 Å². The molecule has 0 spiro atoms. The Balaban J connectivity index is 1.33. The van der Waals surface area contributed by atoms with Gasteiger partial charge in [0.1, 0.15) is 11.3 Å². The molecule has 3 aromatic rings. The molecule has 2 heterocycles.